The van der Waals surface area contributed by atoms with Crippen LogP contribution in [0.15, 0.2) is 43.2 Å². The van der Waals surface area contributed by atoms with Gasteiger partial charge in [-0.1, -0.05) is 0 Å². The van der Waals surface area contributed by atoms with Gasteiger partial charge in [-0.05, 0) is 18.9 Å². The number of fused-ring (bicyclic) bond motifs is 1. The molecule has 3 heterocycles. The number of nitrogens with zero attached hydrogens (tertiary/aromatic N) is 5. The third-order valence-corrected chi connectivity index (χ3v) is 2.97. The molecule has 0 atom stereocenters. The molecule has 6 heteroatoms. The minimum atomic E-state index is 0.864. The summed E-state index contributed by atoms with van der Waals surface area (Å²) in [6.07, 6.45) is 11.5. The molecule has 0 radical (unpaired) electrons. The van der Waals surface area contributed by atoms with Crippen LogP contribution >= 0.6 is 0 Å². The van der Waals surface area contributed by atoms with Crippen molar-refractivity contribution in [1.29, 1.82) is 0 Å². The number of anilines is 1. The summed E-state index contributed by atoms with van der Waals surface area (Å²) in [7, 11) is 0. The quantitative estimate of drug-likeness (QED) is 0.683. The molecule has 1 N–H and O–H groups in total. The molecule has 0 saturated heterocycles. The van der Waals surface area contributed by atoms with Gasteiger partial charge in [0.2, 0.25) is 0 Å². The number of imidazole rings is 1. The number of unbranched alkanes of at least 4 members (excludes halogenated alkanes) is 1. The second kappa shape index (κ2) is 5.51. The summed E-state index contributed by atoms with van der Waals surface area (Å²) in [6, 6.07) is 3.83. The van der Waals surface area contributed by atoms with E-state index in [-0.39, 0.29) is 0 Å². The Hall–Kier alpha value is -2.37. The number of hydrogen-bond donors (Lipinski definition) is 1. The van der Waals surface area contributed by atoms with Crippen molar-refractivity contribution >= 4 is 11.5 Å². The third kappa shape index (κ3) is 2.90. The van der Waals surface area contributed by atoms with Crippen LogP contribution in [0.1, 0.15) is 12.8 Å². The van der Waals surface area contributed by atoms with E-state index in [0.29, 0.717) is 0 Å². The van der Waals surface area contributed by atoms with Gasteiger partial charge in [-0.2, -0.15) is 5.10 Å². The minimum absolute atomic E-state index is 0.864. The molecule has 0 aromatic carbocycles. The molecule has 3 aromatic heterocycles. The number of rotatable bonds is 6. The zero-order valence-electron chi connectivity index (χ0n) is 10.6. The van der Waals surface area contributed by atoms with Crippen LogP contribution in [0, 0.1) is 0 Å². The Morgan fingerprint density at radius 3 is 3.00 bits per heavy atom. The highest BCUT2D eigenvalue weighted by Gasteiger charge is 1.97. The molecule has 0 fully saturated rings. The number of aryl methyl sites for hydroxylation is 1. The normalized spacial score (nSPS) is 10.9. The van der Waals surface area contributed by atoms with Crippen molar-refractivity contribution in [3.63, 3.8) is 0 Å². The molecular weight excluding hydrogens is 240 g/mol. The first-order valence-corrected chi connectivity index (χ1v) is 6.42. The van der Waals surface area contributed by atoms with Crippen molar-refractivity contribution < 1.29 is 0 Å². The highest BCUT2D eigenvalue weighted by atomic mass is 15.2. The van der Waals surface area contributed by atoms with E-state index in [4.69, 9.17) is 0 Å². The van der Waals surface area contributed by atoms with E-state index in [1.54, 1.807) is 10.7 Å². The van der Waals surface area contributed by atoms with Crippen LogP contribution in [0.4, 0.5) is 5.82 Å². The van der Waals surface area contributed by atoms with Crippen molar-refractivity contribution in [2.45, 2.75) is 19.4 Å². The lowest BCUT2D eigenvalue weighted by Gasteiger charge is -2.06. The van der Waals surface area contributed by atoms with Gasteiger partial charge in [0.15, 0.2) is 5.65 Å². The van der Waals surface area contributed by atoms with Crippen LogP contribution in [-0.2, 0) is 6.54 Å². The lowest BCUT2D eigenvalue weighted by atomic mass is 10.3. The highest BCUT2D eigenvalue weighted by molar-refractivity contribution is 5.45. The van der Waals surface area contributed by atoms with E-state index in [0.717, 1.165) is 37.4 Å². The summed E-state index contributed by atoms with van der Waals surface area (Å²) in [5, 5.41) is 7.45. The lowest BCUT2D eigenvalue weighted by molar-refractivity contribution is 0.620. The summed E-state index contributed by atoms with van der Waals surface area (Å²) < 4.78 is 3.85. The topological polar surface area (TPSA) is 60.0 Å². The van der Waals surface area contributed by atoms with Crippen molar-refractivity contribution in [3.05, 3.63) is 43.2 Å². The molecule has 0 amide bonds. The van der Waals surface area contributed by atoms with E-state index >= 15 is 0 Å². The molecule has 0 saturated carbocycles. The van der Waals surface area contributed by atoms with Gasteiger partial charge in [0.05, 0.1) is 12.5 Å². The van der Waals surface area contributed by atoms with Gasteiger partial charge in [0, 0.05) is 37.7 Å². The van der Waals surface area contributed by atoms with Crippen LogP contribution in [0.3, 0.4) is 0 Å². The lowest BCUT2D eigenvalue weighted by Crippen LogP contribution is -2.05. The molecule has 0 unspecified atom stereocenters. The highest BCUT2D eigenvalue weighted by Crippen LogP contribution is 2.06. The zero-order valence-corrected chi connectivity index (χ0v) is 10.6. The van der Waals surface area contributed by atoms with E-state index in [1.807, 2.05) is 37.1 Å². The molecule has 3 aromatic rings. The van der Waals surface area contributed by atoms with Gasteiger partial charge in [0.1, 0.15) is 5.82 Å². The summed E-state index contributed by atoms with van der Waals surface area (Å²) >= 11 is 0. The summed E-state index contributed by atoms with van der Waals surface area (Å²) in [6.45, 7) is 1.93. The van der Waals surface area contributed by atoms with Crippen LogP contribution < -0.4 is 5.32 Å². The van der Waals surface area contributed by atoms with E-state index in [2.05, 4.69) is 25.0 Å². The summed E-state index contributed by atoms with van der Waals surface area (Å²) in [5.74, 6) is 0.899. The van der Waals surface area contributed by atoms with Crippen molar-refractivity contribution in [1.82, 2.24) is 24.1 Å². The molecular formula is C13H16N6. The fourth-order valence-electron chi connectivity index (χ4n) is 1.97. The molecule has 3 rings (SSSR count). The van der Waals surface area contributed by atoms with Gasteiger partial charge >= 0.3 is 0 Å². The van der Waals surface area contributed by atoms with Crippen LogP contribution in [-0.4, -0.2) is 30.7 Å². The SMILES string of the molecule is c1cn(CCCCNc2ccn3nccc3n2)cn1. The van der Waals surface area contributed by atoms with Crippen LogP contribution in [0.5, 0.6) is 0 Å². The van der Waals surface area contributed by atoms with Gasteiger partial charge in [-0.3, -0.25) is 0 Å². The first kappa shape index (κ1) is 11.7. The maximum absolute atomic E-state index is 4.46. The standard InChI is InChI=1S/C13H16N6/c1(2-8-18-10-7-14-11-18)5-15-12-4-9-19-13(17-12)3-6-16-19/h3-4,6-7,9-11H,1-2,5,8H2,(H,15,17). The van der Waals surface area contributed by atoms with Gasteiger partial charge in [-0.25, -0.2) is 14.5 Å². The van der Waals surface area contributed by atoms with E-state index < -0.39 is 0 Å². The summed E-state index contributed by atoms with van der Waals surface area (Å²) in [5.41, 5.74) is 0.864. The van der Waals surface area contributed by atoms with Gasteiger partial charge < -0.3 is 9.88 Å². The predicted molar refractivity (Wildman–Crippen MR) is 72.9 cm³/mol. The van der Waals surface area contributed by atoms with Crippen molar-refractivity contribution in [2.24, 2.45) is 0 Å². The Bertz CT molecular complexity index is 627. The van der Waals surface area contributed by atoms with Crippen LogP contribution in [0.25, 0.3) is 5.65 Å². The van der Waals surface area contributed by atoms with Crippen molar-refractivity contribution in [3.8, 4) is 0 Å². The average Bonchev–Trinajstić information content (AvgIpc) is 3.08. The fourth-order valence-corrected chi connectivity index (χ4v) is 1.97. The van der Waals surface area contributed by atoms with Crippen molar-refractivity contribution in [2.75, 3.05) is 11.9 Å². The maximum Gasteiger partial charge on any atom is 0.157 e. The Kier molecular flexibility index (Phi) is 3.40. The maximum atomic E-state index is 4.46. The Labute approximate surface area is 111 Å². The summed E-state index contributed by atoms with van der Waals surface area (Å²) in [4.78, 5) is 8.48. The monoisotopic (exact) mass is 256 g/mol. The fraction of sp³-hybridized carbons (Fsp3) is 0.308. The average molecular weight is 256 g/mol. The molecule has 0 aliphatic heterocycles. The molecule has 0 bridgehead atoms. The molecule has 0 spiro atoms. The first-order valence-electron chi connectivity index (χ1n) is 6.42. The smallest absolute Gasteiger partial charge is 0.157 e. The molecule has 98 valence electrons. The number of nitrogens with one attached hydrogen (secondary N) is 1. The minimum Gasteiger partial charge on any atom is -0.370 e. The second-order valence-electron chi connectivity index (χ2n) is 4.38. The largest absolute Gasteiger partial charge is 0.370 e. The Morgan fingerprint density at radius 1 is 1.11 bits per heavy atom. The third-order valence-electron chi connectivity index (χ3n) is 2.97. The van der Waals surface area contributed by atoms with Gasteiger partial charge in [0.25, 0.3) is 0 Å². The second-order valence-corrected chi connectivity index (χ2v) is 4.38. The molecule has 0 aliphatic carbocycles. The zero-order chi connectivity index (χ0) is 12.9. The van der Waals surface area contributed by atoms with E-state index in [9.17, 15) is 0 Å². The number of aromatic nitrogens is 5. The Morgan fingerprint density at radius 2 is 2.11 bits per heavy atom. The predicted octanol–water partition coefficient (Wildman–Crippen LogP) is 1.82. The number of hydrogen-bond acceptors (Lipinski definition) is 4. The van der Waals surface area contributed by atoms with Gasteiger partial charge in [-0.15, -0.1) is 0 Å². The Balaban J connectivity index is 1.44. The molecule has 19 heavy (non-hydrogen) atoms. The van der Waals surface area contributed by atoms with Crippen LogP contribution in [0.2, 0.25) is 0 Å². The molecule has 6 nitrogen and oxygen atoms in total. The van der Waals surface area contributed by atoms with E-state index in [1.165, 1.54) is 0 Å². The first-order chi connectivity index (χ1) is 9.42. The molecule has 0 aliphatic rings.